The molecule has 14 rings (SSSR count). The molecule has 14 aliphatic carbocycles. The normalized spacial score (nSPS) is 96.8. The van der Waals surface area contributed by atoms with Crippen molar-refractivity contribution in [2.75, 3.05) is 0 Å². The molecule has 0 saturated heterocycles. The monoisotopic (exact) mass is 394 g/mol. The molecule has 30 heavy (non-hydrogen) atoms. The van der Waals surface area contributed by atoms with Gasteiger partial charge in [-0.2, -0.15) is 0 Å². The Bertz CT molecular complexity index is 881. The van der Waals surface area contributed by atoms with Gasteiger partial charge in [0.2, 0.25) is 0 Å². The van der Waals surface area contributed by atoms with Crippen LogP contribution in [0.15, 0.2) is 0 Å². The summed E-state index contributed by atoms with van der Waals surface area (Å²) in [7, 11) is 0. The molecule has 0 spiro atoms. The van der Waals surface area contributed by atoms with Crippen molar-refractivity contribution >= 4 is 0 Å². The molecule has 0 aromatic carbocycles. The Balaban J connectivity index is 0.789. The van der Waals surface area contributed by atoms with Gasteiger partial charge < -0.3 is 0 Å². The second-order valence-corrected chi connectivity index (χ2v) is 16.5. The van der Waals surface area contributed by atoms with Crippen LogP contribution >= 0.6 is 0 Å². The minimum atomic E-state index is 1.27. The average Bonchev–Trinajstić information content (AvgIpc) is 2.65. The van der Waals surface area contributed by atoms with Crippen LogP contribution in [0.5, 0.6) is 0 Å². The third-order valence-corrected chi connectivity index (χ3v) is 18.5. The number of fused-ring (bicyclic) bond motifs is 37. The summed E-state index contributed by atoms with van der Waals surface area (Å²) in [6, 6.07) is 0. The van der Waals surface area contributed by atoms with Crippen LogP contribution in [-0.4, -0.2) is 0 Å². The molecule has 0 heterocycles. The van der Waals surface area contributed by atoms with E-state index < -0.39 is 0 Å². The van der Waals surface area contributed by atoms with Crippen LogP contribution in [0.3, 0.4) is 0 Å². The Morgan fingerprint density at radius 2 is 0.300 bits per heavy atom. The van der Waals surface area contributed by atoms with E-state index in [4.69, 9.17) is 0 Å². The van der Waals surface area contributed by atoms with Gasteiger partial charge in [0.15, 0.2) is 0 Å². The van der Waals surface area contributed by atoms with Gasteiger partial charge in [0.1, 0.15) is 0 Å². The lowest BCUT2D eigenvalue weighted by Crippen LogP contribution is -2.96. The molecule has 0 N–H and O–H groups in total. The lowest BCUT2D eigenvalue weighted by Gasteiger charge is -2.99. The van der Waals surface area contributed by atoms with E-state index in [1.54, 1.807) is 25.7 Å². The van der Waals surface area contributed by atoms with Crippen LogP contribution in [0.4, 0.5) is 0 Å². The summed E-state index contributed by atoms with van der Waals surface area (Å²) in [6.07, 6.45) is 6.60. The van der Waals surface area contributed by atoms with Gasteiger partial charge in [-0.1, -0.05) is 0 Å². The average molecular weight is 395 g/mol. The Labute approximate surface area is 179 Å². The van der Waals surface area contributed by atoms with Crippen LogP contribution in [-0.2, 0) is 0 Å². The molecule has 0 heteroatoms. The maximum absolute atomic E-state index is 1.65. The standard InChI is InChI=1S/C30H34/c1-2-6-5(1)9-10(6)14-13(9)17-18(14)22-21(17)25-26(22)30-28-24-20-16-12-8-4-3-7(8)11(12)15(16)19(20)23(24)27(28)29(25)30/h5-30H,1-4H2. The highest BCUT2D eigenvalue weighted by Crippen LogP contribution is 2.99. The summed E-state index contributed by atoms with van der Waals surface area (Å²) in [5.41, 5.74) is 0. The van der Waals surface area contributed by atoms with E-state index in [1.165, 1.54) is 154 Å². The Hall–Kier alpha value is 0. The van der Waals surface area contributed by atoms with E-state index in [9.17, 15) is 0 Å². The van der Waals surface area contributed by atoms with E-state index in [-0.39, 0.29) is 0 Å². The van der Waals surface area contributed by atoms with Crippen LogP contribution in [0.25, 0.3) is 0 Å². The summed E-state index contributed by atoms with van der Waals surface area (Å²) in [5, 5.41) is 0. The smallest absolute Gasteiger partial charge is 0.0312 e. The highest BCUT2D eigenvalue weighted by atomic mass is 15.0. The third-order valence-electron chi connectivity index (χ3n) is 18.5. The van der Waals surface area contributed by atoms with Gasteiger partial charge in [0, 0.05) is 0 Å². The van der Waals surface area contributed by atoms with Crippen LogP contribution in [0.2, 0.25) is 0 Å². The van der Waals surface area contributed by atoms with Crippen LogP contribution in [0.1, 0.15) is 25.7 Å². The topological polar surface area (TPSA) is 0 Å². The SMILES string of the molecule is C1CC2C1C1C2C2C1C1C2C2C1C1C2C2C3C4C5C6C7C8CCC8C7C6C5C4C3C12. The van der Waals surface area contributed by atoms with Gasteiger partial charge in [-0.05, 0) is 180 Å². The van der Waals surface area contributed by atoms with E-state index in [2.05, 4.69) is 0 Å². The summed E-state index contributed by atoms with van der Waals surface area (Å²) in [6.45, 7) is 0. The maximum atomic E-state index is 1.65. The van der Waals surface area contributed by atoms with Crippen molar-refractivity contribution in [1.82, 2.24) is 0 Å². The van der Waals surface area contributed by atoms with Crippen molar-refractivity contribution in [2.45, 2.75) is 25.7 Å². The summed E-state index contributed by atoms with van der Waals surface area (Å²) < 4.78 is 0. The Kier molecular flexibility index (Phi) is 1.54. The van der Waals surface area contributed by atoms with Gasteiger partial charge in [-0.15, -0.1) is 0 Å². The molecule has 0 aliphatic heterocycles. The predicted molar refractivity (Wildman–Crippen MR) is 109 cm³/mol. The minimum Gasteiger partial charge on any atom is -0.0496 e. The molecule has 14 saturated carbocycles. The molecule has 0 nitrogen and oxygen atoms in total. The quantitative estimate of drug-likeness (QED) is 0.520. The van der Waals surface area contributed by atoms with Crippen LogP contribution < -0.4 is 0 Å². The molecule has 14 fully saturated rings. The molecule has 14 aliphatic rings. The second-order valence-electron chi connectivity index (χ2n) is 16.5. The summed E-state index contributed by atoms with van der Waals surface area (Å²) in [5.74, 6) is 34.1. The molecule has 0 aromatic rings. The van der Waals surface area contributed by atoms with Gasteiger partial charge >= 0.3 is 0 Å². The van der Waals surface area contributed by atoms with E-state index in [0.29, 0.717) is 0 Å². The highest BCUT2D eigenvalue weighted by Gasteiger charge is 2.95. The second kappa shape index (κ2) is 3.38. The lowest BCUT2D eigenvalue weighted by atomic mass is 9.05. The fourth-order valence-electron chi connectivity index (χ4n) is 18.4. The van der Waals surface area contributed by atoms with Crippen molar-refractivity contribution in [3.05, 3.63) is 0 Å². The molecule has 154 valence electrons. The number of hydrogen-bond donors (Lipinski definition) is 0. The summed E-state index contributed by atoms with van der Waals surface area (Å²) in [4.78, 5) is 0. The lowest BCUT2D eigenvalue weighted by molar-refractivity contribution is -0.526. The van der Waals surface area contributed by atoms with Gasteiger partial charge in [0.05, 0.1) is 0 Å². The zero-order valence-corrected chi connectivity index (χ0v) is 17.8. The maximum Gasteiger partial charge on any atom is -0.0312 e. The Morgan fingerprint density at radius 3 is 0.433 bits per heavy atom. The first kappa shape index (κ1) is 13.6. The zero-order chi connectivity index (χ0) is 17.8. The first-order valence-electron chi connectivity index (χ1n) is 15.0. The minimum absolute atomic E-state index is 1.27. The van der Waals surface area contributed by atoms with E-state index in [0.717, 1.165) is 0 Å². The first-order chi connectivity index (χ1) is 15.0. The third kappa shape index (κ3) is 0.818. The molecule has 0 radical (unpaired) electrons. The summed E-state index contributed by atoms with van der Waals surface area (Å²) >= 11 is 0. The number of rotatable bonds is 0. The van der Waals surface area contributed by atoms with Crippen molar-refractivity contribution in [3.8, 4) is 0 Å². The van der Waals surface area contributed by atoms with Gasteiger partial charge in [-0.3, -0.25) is 0 Å². The highest BCUT2D eigenvalue weighted by molar-refractivity contribution is 5.42. The zero-order valence-electron chi connectivity index (χ0n) is 17.8. The Morgan fingerprint density at radius 1 is 0.167 bits per heavy atom. The van der Waals surface area contributed by atoms with Gasteiger partial charge in [-0.25, -0.2) is 0 Å². The van der Waals surface area contributed by atoms with Crippen molar-refractivity contribution < 1.29 is 0 Å². The molecule has 24 unspecified atom stereocenters. The molecule has 0 amide bonds. The fraction of sp³-hybridized carbons (Fsp3) is 1.00. The van der Waals surface area contributed by atoms with Crippen LogP contribution in [0, 0.1) is 154 Å². The molecule has 24 atom stereocenters. The molecular formula is C30H34. The van der Waals surface area contributed by atoms with E-state index >= 15 is 0 Å². The first-order valence-corrected chi connectivity index (χ1v) is 15.0. The van der Waals surface area contributed by atoms with Crippen molar-refractivity contribution in [2.24, 2.45) is 154 Å². The molecular weight excluding hydrogens is 360 g/mol. The molecule has 0 bridgehead atoms. The number of hydrogen-bond acceptors (Lipinski definition) is 0. The van der Waals surface area contributed by atoms with E-state index in [1.807, 2.05) is 0 Å². The fourth-order valence-corrected chi connectivity index (χ4v) is 18.4. The molecule has 0 aromatic heterocycles. The van der Waals surface area contributed by atoms with Crippen molar-refractivity contribution in [1.29, 1.82) is 0 Å². The van der Waals surface area contributed by atoms with Gasteiger partial charge in [0.25, 0.3) is 0 Å². The largest absolute Gasteiger partial charge is 0.0496 e. The van der Waals surface area contributed by atoms with Crippen molar-refractivity contribution in [3.63, 3.8) is 0 Å². The predicted octanol–water partition coefficient (Wildman–Crippen LogP) is 4.76.